The smallest absolute Gasteiger partial charge is 0.0436 e. The highest BCUT2D eigenvalue weighted by molar-refractivity contribution is 5.01. The van der Waals surface area contributed by atoms with E-state index in [1.54, 1.807) is 0 Å². The van der Waals surface area contributed by atoms with Crippen LogP contribution in [-0.4, -0.2) is 58.6 Å². The van der Waals surface area contributed by atoms with E-state index in [4.69, 9.17) is 0 Å². The zero-order chi connectivity index (χ0) is 25.7. The number of hydrogen-bond donors (Lipinski definition) is 5. The molecule has 0 amide bonds. The number of hydrogen-bond acceptors (Lipinski definition) is 5. The van der Waals surface area contributed by atoms with Crippen molar-refractivity contribution in [3.05, 3.63) is 0 Å². The van der Waals surface area contributed by atoms with Crippen molar-refractivity contribution in [1.82, 2.24) is 0 Å². The van der Waals surface area contributed by atoms with Crippen LogP contribution in [0.4, 0.5) is 0 Å². The highest BCUT2D eigenvalue weighted by atomic mass is 16.3. The zero-order valence-corrected chi connectivity index (χ0v) is 22.9. The molecule has 0 bridgehead atoms. The maximum Gasteiger partial charge on any atom is 0.0436 e. The van der Waals surface area contributed by atoms with Crippen LogP contribution in [0.5, 0.6) is 0 Å². The molecule has 0 saturated heterocycles. The molecule has 0 aliphatic heterocycles. The third kappa shape index (κ3) is 11.4. The first-order valence-corrected chi connectivity index (χ1v) is 15.2. The SMILES string of the molecule is OCCC1CCCCCCCCCCCCCCCCCC(CCO)(CCO)C1(CCO)CCO. The lowest BCUT2D eigenvalue weighted by molar-refractivity contribution is -0.100. The van der Waals surface area contributed by atoms with Crippen LogP contribution in [0, 0.1) is 16.7 Å². The highest BCUT2D eigenvalue weighted by Crippen LogP contribution is 2.59. The van der Waals surface area contributed by atoms with Gasteiger partial charge in [0, 0.05) is 33.0 Å². The van der Waals surface area contributed by atoms with Gasteiger partial charge in [0.15, 0.2) is 0 Å². The van der Waals surface area contributed by atoms with Crippen molar-refractivity contribution in [1.29, 1.82) is 0 Å². The normalized spacial score (nSPS) is 24.1. The summed E-state index contributed by atoms with van der Waals surface area (Å²) in [4.78, 5) is 0. The van der Waals surface area contributed by atoms with Crippen LogP contribution in [0.3, 0.4) is 0 Å². The molecule has 1 rings (SSSR count). The standard InChI is InChI=1S/C30H60O5/c31-23-17-28-16-14-12-10-8-6-4-2-1-3-5-7-9-11-13-15-18-29(19-24-32,20-25-33)30(28,21-26-34)22-27-35/h28,31-35H,1-27H2. The van der Waals surface area contributed by atoms with Gasteiger partial charge in [-0.3, -0.25) is 0 Å². The Morgan fingerprint density at radius 3 is 1.17 bits per heavy atom. The van der Waals surface area contributed by atoms with E-state index in [0.717, 1.165) is 32.1 Å². The third-order valence-corrected chi connectivity index (χ3v) is 9.32. The topological polar surface area (TPSA) is 101 Å². The van der Waals surface area contributed by atoms with Crippen molar-refractivity contribution < 1.29 is 25.5 Å². The Kier molecular flexibility index (Phi) is 19.5. The van der Waals surface area contributed by atoms with Gasteiger partial charge in [0.25, 0.3) is 0 Å². The van der Waals surface area contributed by atoms with Crippen LogP contribution in [0.15, 0.2) is 0 Å². The number of aliphatic hydroxyl groups excluding tert-OH is 5. The molecule has 1 aliphatic rings. The van der Waals surface area contributed by atoms with Crippen LogP contribution in [0.2, 0.25) is 0 Å². The Labute approximate surface area is 216 Å². The average Bonchev–Trinajstić information content (AvgIpc) is 2.84. The van der Waals surface area contributed by atoms with Gasteiger partial charge >= 0.3 is 0 Å². The molecule has 35 heavy (non-hydrogen) atoms. The average molecular weight is 501 g/mol. The molecule has 0 spiro atoms. The molecule has 0 aromatic carbocycles. The van der Waals surface area contributed by atoms with Crippen LogP contribution < -0.4 is 0 Å². The predicted octanol–water partition coefficient (Wildman–Crippen LogP) is 6.13. The summed E-state index contributed by atoms with van der Waals surface area (Å²) in [5.74, 6) is 0.162. The van der Waals surface area contributed by atoms with E-state index in [9.17, 15) is 25.5 Å². The summed E-state index contributed by atoms with van der Waals surface area (Å²) >= 11 is 0. The van der Waals surface area contributed by atoms with Crippen molar-refractivity contribution in [2.24, 2.45) is 16.7 Å². The molecule has 1 aliphatic carbocycles. The first kappa shape index (κ1) is 32.8. The van der Waals surface area contributed by atoms with Gasteiger partial charge in [-0.15, -0.1) is 0 Å². The molecule has 0 heterocycles. The Morgan fingerprint density at radius 1 is 0.429 bits per heavy atom. The second-order valence-electron chi connectivity index (χ2n) is 11.4. The monoisotopic (exact) mass is 500 g/mol. The van der Waals surface area contributed by atoms with Gasteiger partial charge in [0.1, 0.15) is 0 Å². The predicted molar refractivity (Wildman–Crippen MR) is 145 cm³/mol. The first-order valence-electron chi connectivity index (χ1n) is 15.2. The summed E-state index contributed by atoms with van der Waals surface area (Å²) in [6.07, 6.45) is 23.8. The van der Waals surface area contributed by atoms with Gasteiger partial charge in [0.2, 0.25) is 0 Å². The molecule has 1 unspecified atom stereocenters. The molecule has 0 radical (unpaired) electrons. The first-order chi connectivity index (χ1) is 17.2. The Balaban J connectivity index is 3.22. The molecule has 1 atom stereocenters. The van der Waals surface area contributed by atoms with Gasteiger partial charge in [-0.05, 0) is 61.7 Å². The van der Waals surface area contributed by atoms with Crippen LogP contribution in [-0.2, 0) is 0 Å². The van der Waals surface area contributed by atoms with E-state index in [1.807, 2.05) is 0 Å². The lowest BCUT2D eigenvalue weighted by Gasteiger charge is -2.56. The molecule has 1 saturated carbocycles. The molecular formula is C30H60O5. The van der Waals surface area contributed by atoms with Crippen LogP contribution >= 0.6 is 0 Å². The minimum absolute atomic E-state index is 0.0283. The highest BCUT2D eigenvalue weighted by Gasteiger charge is 2.52. The van der Waals surface area contributed by atoms with Crippen molar-refractivity contribution in [2.75, 3.05) is 33.0 Å². The van der Waals surface area contributed by atoms with E-state index in [-0.39, 0.29) is 44.4 Å². The van der Waals surface area contributed by atoms with E-state index in [2.05, 4.69) is 0 Å². The largest absolute Gasteiger partial charge is 0.396 e. The van der Waals surface area contributed by atoms with E-state index >= 15 is 0 Å². The Morgan fingerprint density at radius 2 is 0.800 bits per heavy atom. The quantitative estimate of drug-likeness (QED) is 0.248. The van der Waals surface area contributed by atoms with Crippen LogP contribution in [0.1, 0.15) is 141 Å². The van der Waals surface area contributed by atoms with Gasteiger partial charge < -0.3 is 25.5 Å². The third-order valence-electron chi connectivity index (χ3n) is 9.32. The Bertz CT molecular complexity index is 458. The zero-order valence-electron chi connectivity index (χ0n) is 22.9. The molecular weight excluding hydrogens is 440 g/mol. The fourth-order valence-corrected chi connectivity index (χ4v) is 7.45. The minimum Gasteiger partial charge on any atom is -0.396 e. The van der Waals surface area contributed by atoms with Crippen molar-refractivity contribution in [3.63, 3.8) is 0 Å². The fraction of sp³-hybridized carbons (Fsp3) is 1.00. The second kappa shape index (κ2) is 20.8. The van der Waals surface area contributed by atoms with E-state index < -0.39 is 5.41 Å². The van der Waals surface area contributed by atoms with E-state index in [0.29, 0.717) is 32.1 Å². The summed E-state index contributed by atoms with van der Waals surface area (Å²) in [6, 6.07) is 0. The minimum atomic E-state index is -0.397. The molecule has 0 aromatic rings. The lowest BCUT2D eigenvalue weighted by Crippen LogP contribution is -2.50. The maximum absolute atomic E-state index is 10.2. The van der Waals surface area contributed by atoms with Gasteiger partial charge in [-0.1, -0.05) is 96.3 Å². The number of aliphatic hydroxyl groups is 5. The molecule has 5 N–H and O–H groups in total. The van der Waals surface area contributed by atoms with Crippen molar-refractivity contribution in [2.45, 2.75) is 141 Å². The van der Waals surface area contributed by atoms with Gasteiger partial charge in [0.05, 0.1) is 0 Å². The van der Waals surface area contributed by atoms with Crippen molar-refractivity contribution in [3.8, 4) is 0 Å². The summed E-state index contributed by atoms with van der Waals surface area (Å²) in [6.45, 7) is 0.244. The summed E-state index contributed by atoms with van der Waals surface area (Å²) < 4.78 is 0. The molecule has 210 valence electrons. The van der Waals surface area contributed by atoms with Crippen LogP contribution in [0.25, 0.3) is 0 Å². The van der Waals surface area contributed by atoms with Gasteiger partial charge in [-0.2, -0.15) is 0 Å². The maximum atomic E-state index is 10.2. The van der Waals surface area contributed by atoms with E-state index in [1.165, 1.54) is 77.0 Å². The molecule has 0 aromatic heterocycles. The summed E-state index contributed by atoms with van der Waals surface area (Å²) in [5, 5.41) is 50.9. The fourth-order valence-electron chi connectivity index (χ4n) is 7.45. The lowest BCUT2D eigenvalue weighted by atomic mass is 9.49. The Hall–Kier alpha value is -0.200. The second-order valence-corrected chi connectivity index (χ2v) is 11.4. The molecule has 1 fully saturated rings. The summed E-state index contributed by atoms with van der Waals surface area (Å²) in [7, 11) is 0. The molecule has 5 heteroatoms. The number of rotatable bonds is 10. The summed E-state index contributed by atoms with van der Waals surface area (Å²) in [5.41, 5.74) is -0.742. The molecule has 5 nitrogen and oxygen atoms in total. The van der Waals surface area contributed by atoms with Gasteiger partial charge in [-0.25, -0.2) is 0 Å². The van der Waals surface area contributed by atoms with Crippen molar-refractivity contribution >= 4 is 0 Å².